The zero-order valence-electron chi connectivity index (χ0n) is 15.0. The Morgan fingerprint density at radius 1 is 1.15 bits per heavy atom. The van der Waals surface area contributed by atoms with E-state index in [0.717, 1.165) is 17.0 Å². The van der Waals surface area contributed by atoms with Gasteiger partial charge in [-0.05, 0) is 31.5 Å². The highest BCUT2D eigenvalue weighted by Gasteiger charge is 2.11. The van der Waals surface area contributed by atoms with Crippen molar-refractivity contribution in [3.63, 3.8) is 0 Å². The molecule has 134 valence electrons. The number of aromatic nitrogens is 3. The Balaban J connectivity index is 1.51. The van der Waals surface area contributed by atoms with Gasteiger partial charge in [-0.15, -0.1) is 0 Å². The van der Waals surface area contributed by atoms with Gasteiger partial charge in [0.05, 0.1) is 31.0 Å². The standard InChI is InChI=1S/C20H23N5O/c1-15-7-6-10-19(23-15)12-21-20(26)24-16(2)18-11-22-25(14-18)13-17-8-4-3-5-9-17/h3-11,14,16H,12-13H2,1-2H3,(H2,21,24,26). The molecule has 6 nitrogen and oxygen atoms in total. The zero-order valence-corrected chi connectivity index (χ0v) is 15.0. The van der Waals surface area contributed by atoms with Gasteiger partial charge in [-0.25, -0.2) is 4.79 Å². The Morgan fingerprint density at radius 3 is 2.73 bits per heavy atom. The third-order valence-corrected chi connectivity index (χ3v) is 4.06. The summed E-state index contributed by atoms with van der Waals surface area (Å²) >= 11 is 0. The highest BCUT2D eigenvalue weighted by Crippen LogP contribution is 2.12. The summed E-state index contributed by atoms with van der Waals surface area (Å²) < 4.78 is 1.87. The van der Waals surface area contributed by atoms with E-state index in [2.05, 4.69) is 32.8 Å². The van der Waals surface area contributed by atoms with Gasteiger partial charge in [-0.3, -0.25) is 9.67 Å². The van der Waals surface area contributed by atoms with Gasteiger partial charge < -0.3 is 10.6 Å². The van der Waals surface area contributed by atoms with Crippen LogP contribution in [0.2, 0.25) is 0 Å². The maximum atomic E-state index is 12.1. The predicted octanol–water partition coefficient (Wildman–Crippen LogP) is 3.20. The molecule has 2 amide bonds. The Kier molecular flexibility index (Phi) is 5.63. The minimum absolute atomic E-state index is 0.134. The van der Waals surface area contributed by atoms with Crippen molar-refractivity contribution in [2.24, 2.45) is 0 Å². The Bertz CT molecular complexity index is 859. The molecule has 3 aromatic rings. The maximum absolute atomic E-state index is 12.1. The van der Waals surface area contributed by atoms with Crippen LogP contribution in [0.1, 0.15) is 35.5 Å². The fraction of sp³-hybridized carbons (Fsp3) is 0.250. The highest BCUT2D eigenvalue weighted by molar-refractivity contribution is 5.74. The van der Waals surface area contributed by atoms with Gasteiger partial charge >= 0.3 is 6.03 Å². The van der Waals surface area contributed by atoms with Crippen molar-refractivity contribution in [1.82, 2.24) is 25.4 Å². The summed E-state index contributed by atoms with van der Waals surface area (Å²) in [6, 6.07) is 15.5. The largest absolute Gasteiger partial charge is 0.332 e. The second-order valence-corrected chi connectivity index (χ2v) is 6.28. The van der Waals surface area contributed by atoms with Crippen LogP contribution in [0, 0.1) is 6.92 Å². The first-order chi connectivity index (χ1) is 12.6. The molecule has 26 heavy (non-hydrogen) atoms. The van der Waals surface area contributed by atoms with E-state index in [-0.39, 0.29) is 12.1 Å². The van der Waals surface area contributed by atoms with Crippen molar-refractivity contribution in [3.05, 3.63) is 83.4 Å². The third kappa shape index (κ3) is 4.92. The van der Waals surface area contributed by atoms with Crippen molar-refractivity contribution < 1.29 is 4.79 Å². The highest BCUT2D eigenvalue weighted by atomic mass is 16.2. The van der Waals surface area contributed by atoms with Crippen LogP contribution in [0.5, 0.6) is 0 Å². The normalized spacial score (nSPS) is 11.8. The van der Waals surface area contributed by atoms with Crippen LogP contribution in [0.25, 0.3) is 0 Å². The SMILES string of the molecule is Cc1cccc(CNC(=O)NC(C)c2cnn(Cc3ccccc3)c2)n1. The molecule has 0 fully saturated rings. The van der Waals surface area contributed by atoms with Crippen LogP contribution in [0.15, 0.2) is 60.9 Å². The molecule has 3 rings (SSSR count). The average molecular weight is 349 g/mol. The number of pyridine rings is 1. The van der Waals surface area contributed by atoms with E-state index in [0.29, 0.717) is 13.1 Å². The van der Waals surface area contributed by atoms with E-state index >= 15 is 0 Å². The van der Waals surface area contributed by atoms with Crippen molar-refractivity contribution >= 4 is 6.03 Å². The van der Waals surface area contributed by atoms with Gasteiger partial charge in [0.15, 0.2) is 0 Å². The number of hydrogen-bond acceptors (Lipinski definition) is 3. The number of urea groups is 1. The van der Waals surface area contributed by atoms with Gasteiger partial charge in [0.1, 0.15) is 0 Å². The van der Waals surface area contributed by atoms with Crippen molar-refractivity contribution in [3.8, 4) is 0 Å². The molecule has 0 aliphatic carbocycles. The molecule has 0 saturated heterocycles. The number of nitrogens with zero attached hydrogens (tertiary/aromatic N) is 3. The Labute approximate surface area is 153 Å². The van der Waals surface area contributed by atoms with Gasteiger partial charge in [0.2, 0.25) is 0 Å². The quantitative estimate of drug-likeness (QED) is 0.718. The molecule has 2 N–H and O–H groups in total. The summed E-state index contributed by atoms with van der Waals surface area (Å²) in [5.74, 6) is 0. The molecular weight excluding hydrogens is 326 g/mol. The van der Waals surface area contributed by atoms with Gasteiger partial charge in [0.25, 0.3) is 0 Å². The molecule has 2 heterocycles. The smallest absolute Gasteiger partial charge is 0.315 e. The van der Waals surface area contributed by atoms with Gasteiger partial charge in [-0.1, -0.05) is 36.4 Å². The van der Waals surface area contributed by atoms with Crippen LogP contribution in [-0.2, 0) is 13.1 Å². The summed E-state index contributed by atoms with van der Waals surface area (Å²) in [6.07, 6.45) is 3.75. The fourth-order valence-corrected chi connectivity index (χ4v) is 2.66. The minimum atomic E-state index is -0.225. The third-order valence-electron chi connectivity index (χ3n) is 4.06. The second kappa shape index (κ2) is 8.29. The van der Waals surface area contributed by atoms with Crippen LogP contribution in [0.4, 0.5) is 4.79 Å². The summed E-state index contributed by atoms with van der Waals surface area (Å²) in [5, 5.41) is 10.1. The summed E-state index contributed by atoms with van der Waals surface area (Å²) in [6.45, 7) is 4.97. The first kappa shape index (κ1) is 17.7. The second-order valence-electron chi connectivity index (χ2n) is 6.28. The molecule has 0 spiro atoms. The van der Waals surface area contributed by atoms with Crippen molar-refractivity contribution in [1.29, 1.82) is 0 Å². The lowest BCUT2D eigenvalue weighted by Gasteiger charge is -2.13. The number of benzene rings is 1. The molecule has 1 unspecified atom stereocenters. The topological polar surface area (TPSA) is 71.8 Å². The summed E-state index contributed by atoms with van der Waals surface area (Å²) in [4.78, 5) is 16.5. The molecule has 2 aromatic heterocycles. The lowest BCUT2D eigenvalue weighted by Crippen LogP contribution is -2.36. The number of carbonyl (C=O) groups excluding carboxylic acids is 1. The zero-order chi connectivity index (χ0) is 18.4. The van der Waals surface area contributed by atoms with E-state index < -0.39 is 0 Å². The molecule has 0 bridgehead atoms. The van der Waals surface area contributed by atoms with Crippen LogP contribution >= 0.6 is 0 Å². The molecule has 0 aliphatic rings. The summed E-state index contributed by atoms with van der Waals surface area (Å²) in [7, 11) is 0. The Hall–Kier alpha value is -3.15. The van der Waals surface area contributed by atoms with E-state index in [4.69, 9.17) is 0 Å². The van der Waals surface area contributed by atoms with Crippen LogP contribution in [-0.4, -0.2) is 20.8 Å². The molecule has 0 radical (unpaired) electrons. The van der Waals surface area contributed by atoms with Crippen LogP contribution < -0.4 is 10.6 Å². The van der Waals surface area contributed by atoms with Crippen molar-refractivity contribution in [2.45, 2.75) is 33.0 Å². The molecule has 6 heteroatoms. The fourth-order valence-electron chi connectivity index (χ4n) is 2.66. The van der Waals surface area contributed by atoms with E-state index in [9.17, 15) is 4.79 Å². The van der Waals surface area contributed by atoms with E-state index in [1.54, 1.807) is 6.20 Å². The van der Waals surface area contributed by atoms with E-state index in [1.165, 1.54) is 5.56 Å². The maximum Gasteiger partial charge on any atom is 0.315 e. The first-order valence-electron chi connectivity index (χ1n) is 8.63. The van der Waals surface area contributed by atoms with Gasteiger partial charge in [-0.2, -0.15) is 5.10 Å². The molecule has 1 atom stereocenters. The van der Waals surface area contributed by atoms with Crippen molar-refractivity contribution in [2.75, 3.05) is 0 Å². The lowest BCUT2D eigenvalue weighted by atomic mass is 10.2. The lowest BCUT2D eigenvalue weighted by molar-refractivity contribution is 0.237. The minimum Gasteiger partial charge on any atom is -0.332 e. The summed E-state index contributed by atoms with van der Waals surface area (Å²) in [5.41, 5.74) is 3.92. The molecule has 0 saturated carbocycles. The molecule has 0 aliphatic heterocycles. The predicted molar refractivity (Wildman–Crippen MR) is 101 cm³/mol. The van der Waals surface area contributed by atoms with E-state index in [1.807, 2.05) is 61.1 Å². The van der Waals surface area contributed by atoms with Crippen LogP contribution in [0.3, 0.4) is 0 Å². The number of aryl methyl sites for hydroxylation is 1. The monoisotopic (exact) mass is 349 g/mol. The number of hydrogen-bond donors (Lipinski definition) is 2. The first-order valence-corrected chi connectivity index (χ1v) is 8.63. The number of amides is 2. The average Bonchev–Trinajstić information content (AvgIpc) is 3.10. The Morgan fingerprint density at radius 2 is 1.96 bits per heavy atom. The van der Waals surface area contributed by atoms with Gasteiger partial charge in [0, 0.05) is 17.5 Å². The number of rotatable bonds is 6. The number of carbonyl (C=O) groups is 1. The molecule has 1 aromatic carbocycles. The number of nitrogens with one attached hydrogen (secondary N) is 2. The molecular formula is C20H23N5O.